The Morgan fingerprint density at radius 1 is 1.22 bits per heavy atom. The van der Waals surface area contributed by atoms with E-state index in [1.807, 2.05) is 0 Å². The minimum absolute atomic E-state index is 0.131. The minimum atomic E-state index is -0.995. The van der Waals surface area contributed by atoms with Crippen LogP contribution >= 0.6 is 0 Å². The van der Waals surface area contributed by atoms with Crippen LogP contribution in [0.3, 0.4) is 0 Å². The normalized spacial score (nSPS) is 18.6. The number of carboxylic acid groups (broad SMARTS) is 1. The molecule has 0 aliphatic heterocycles. The van der Waals surface area contributed by atoms with E-state index in [2.05, 4.69) is 24.5 Å². The molecule has 1 aliphatic carbocycles. The molecular weight excluding hydrogens is 232 g/mol. The largest absolute Gasteiger partial charge is 0.480 e. The van der Waals surface area contributed by atoms with Gasteiger partial charge in [-0.05, 0) is 30.1 Å². The molecule has 5 nitrogen and oxygen atoms in total. The van der Waals surface area contributed by atoms with Crippen LogP contribution in [0.1, 0.15) is 40.5 Å². The van der Waals surface area contributed by atoms with Gasteiger partial charge in [0.25, 0.3) is 0 Å². The first kappa shape index (κ1) is 14.8. The second kappa shape index (κ2) is 5.59. The molecule has 1 atom stereocenters. The zero-order chi connectivity index (χ0) is 13.9. The van der Waals surface area contributed by atoms with Crippen molar-refractivity contribution in [2.75, 3.05) is 6.54 Å². The van der Waals surface area contributed by atoms with E-state index in [1.165, 1.54) is 0 Å². The van der Waals surface area contributed by atoms with E-state index in [0.717, 1.165) is 12.8 Å². The molecule has 0 heterocycles. The van der Waals surface area contributed by atoms with Gasteiger partial charge in [0, 0.05) is 6.54 Å². The average molecular weight is 256 g/mol. The number of hydrogen-bond acceptors (Lipinski definition) is 2. The molecular formula is C13H24N2O3. The lowest BCUT2D eigenvalue weighted by atomic mass is 9.92. The lowest BCUT2D eigenvalue weighted by Crippen LogP contribution is -2.49. The Morgan fingerprint density at radius 3 is 2.11 bits per heavy atom. The molecule has 3 N–H and O–H groups in total. The summed E-state index contributed by atoms with van der Waals surface area (Å²) in [5.74, 6) is -0.587. The summed E-state index contributed by atoms with van der Waals surface area (Å²) >= 11 is 0. The molecule has 0 spiro atoms. The van der Waals surface area contributed by atoms with Gasteiger partial charge in [-0.25, -0.2) is 9.59 Å². The van der Waals surface area contributed by atoms with E-state index < -0.39 is 12.0 Å². The first-order valence-corrected chi connectivity index (χ1v) is 6.55. The van der Waals surface area contributed by atoms with Crippen LogP contribution < -0.4 is 10.6 Å². The van der Waals surface area contributed by atoms with E-state index in [4.69, 9.17) is 5.11 Å². The first-order valence-electron chi connectivity index (χ1n) is 6.55. The molecule has 1 saturated carbocycles. The number of rotatable bonds is 6. The predicted molar refractivity (Wildman–Crippen MR) is 69.3 cm³/mol. The van der Waals surface area contributed by atoms with Gasteiger partial charge in [0.2, 0.25) is 0 Å². The van der Waals surface area contributed by atoms with Crippen LogP contribution in [0.2, 0.25) is 0 Å². The van der Waals surface area contributed by atoms with Crippen LogP contribution in [-0.2, 0) is 4.79 Å². The van der Waals surface area contributed by atoms with E-state index in [9.17, 15) is 9.59 Å². The van der Waals surface area contributed by atoms with Crippen LogP contribution in [-0.4, -0.2) is 29.7 Å². The molecule has 2 amide bonds. The highest BCUT2D eigenvalue weighted by atomic mass is 16.4. The molecule has 0 aromatic heterocycles. The van der Waals surface area contributed by atoms with Crippen molar-refractivity contribution >= 4 is 12.0 Å². The maximum Gasteiger partial charge on any atom is 0.326 e. The number of urea groups is 1. The summed E-state index contributed by atoms with van der Waals surface area (Å²) < 4.78 is 0. The molecule has 1 rings (SSSR count). The summed E-state index contributed by atoms with van der Waals surface area (Å²) in [6.45, 7) is 8.48. The van der Waals surface area contributed by atoms with Gasteiger partial charge in [0.1, 0.15) is 6.04 Å². The highest BCUT2D eigenvalue weighted by Crippen LogP contribution is 2.51. The second-order valence-corrected chi connectivity index (χ2v) is 5.90. The maximum atomic E-state index is 11.7. The summed E-state index contributed by atoms with van der Waals surface area (Å²) in [6.07, 6.45) is 2.27. The van der Waals surface area contributed by atoms with Crippen molar-refractivity contribution in [2.24, 2.45) is 17.3 Å². The average Bonchev–Trinajstić information content (AvgIpc) is 3.03. The lowest BCUT2D eigenvalue weighted by molar-refractivity contribution is -0.140. The topological polar surface area (TPSA) is 78.4 Å². The number of amides is 2. The van der Waals surface area contributed by atoms with Gasteiger partial charge >= 0.3 is 12.0 Å². The number of carbonyl (C=O) groups is 2. The van der Waals surface area contributed by atoms with Crippen LogP contribution in [0.15, 0.2) is 0 Å². The van der Waals surface area contributed by atoms with Crippen molar-refractivity contribution in [3.8, 4) is 0 Å². The Hall–Kier alpha value is -1.26. The molecule has 0 aromatic rings. The van der Waals surface area contributed by atoms with Gasteiger partial charge in [-0.3, -0.25) is 0 Å². The molecule has 18 heavy (non-hydrogen) atoms. The second-order valence-electron chi connectivity index (χ2n) is 5.90. The van der Waals surface area contributed by atoms with Crippen LogP contribution in [0.4, 0.5) is 4.79 Å². The molecule has 1 aliphatic rings. The molecule has 0 aromatic carbocycles. The van der Waals surface area contributed by atoms with Crippen molar-refractivity contribution in [1.29, 1.82) is 0 Å². The molecule has 5 heteroatoms. The zero-order valence-electron chi connectivity index (χ0n) is 11.6. The zero-order valence-corrected chi connectivity index (χ0v) is 11.6. The van der Waals surface area contributed by atoms with Crippen LogP contribution in [0, 0.1) is 17.3 Å². The predicted octanol–water partition coefficient (Wildman–Crippen LogP) is 1.83. The van der Waals surface area contributed by atoms with Crippen LogP contribution in [0.5, 0.6) is 0 Å². The van der Waals surface area contributed by atoms with Gasteiger partial charge in [-0.2, -0.15) is 0 Å². The standard InChI is InChI=1S/C13H24N2O3/c1-8(2)10(11(16)17)15-12(18)14-7-13(5-6-13)9(3)4/h8-10H,5-7H2,1-4H3,(H,16,17)(H2,14,15,18)/t10-/m1/s1. The van der Waals surface area contributed by atoms with Gasteiger partial charge in [0.15, 0.2) is 0 Å². The molecule has 0 bridgehead atoms. The Morgan fingerprint density at radius 2 is 1.78 bits per heavy atom. The Balaban J connectivity index is 2.40. The van der Waals surface area contributed by atoms with E-state index in [-0.39, 0.29) is 17.4 Å². The molecule has 0 saturated heterocycles. The Kier molecular flexibility index (Phi) is 4.59. The molecule has 0 unspecified atom stereocenters. The van der Waals surface area contributed by atoms with Crippen molar-refractivity contribution < 1.29 is 14.7 Å². The summed E-state index contributed by atoms with van der Waals surface area (Å²) in [7, 11) is 0. The van der Waals surface area contributed by atoms with Crippen molar-refractivity contribution in [2.45, 2.75) is 46.6 Å². The molecule has 0 radical (unpaired) electrons. The molecule has 104 valence electrons. The summed E-state index contributed by atoms with van der Waals surface area (Å²) in [6, 6.07) is -1.22. The SMILES string of the molecule is CC(C)[C@@H](NC(=O)NCC1(C(C)C)CC1)C(=O)O. The van der Waals surface area contributed by atoms with Crippen molar-refractivity contribution in [1.82, 2.24) is 10.6 Å². The van der Waals surface area contributed by atoms with Crippen molar-refractivity contribution in [3.05, 3.63) is 0 Å². The van der Waals surface area contributed by atoms with E-state index in [0.29, 0.717) is 12.5 Å². The third-order valence-electron chi connectivity index (χ3n) is 3.94. The van der Waals surface area contributed by atoms with Crippen molar-refractivity contribution in [3.63, 3.8) is 0 Å². The van der Waals surface area contributed by atoms with Gasteiger partial charge in [-0.15, -0.1) is 0 Å². The number of hydrogen-bond donors (Lipinski definition) is 3. The highest BCUT2D eigenvalue weighted by molar-refractivity contribution is 5.82. The van der Waals surface area contributed by atoms with Gasteiger partial charge in [0.05, 0.1) is 0 Å². The quantitative estimate of drug-likeness (QED) is 0.678. The van der Waals surface area contributed by atoms with E-state index >= 15 is 0 Å². The monoisotopic (exact) mass is 256 g/mol. The summed E-state index contributed by atoms with van der Waals surface area (Å²) in [5, 5.41) is 14.3. The van der Waals surface area contributed by atoms with E-state index in [1.54, 1.807) is 13.8 Å². The smallest absolute Gasteiger partial charge is 0.326 e. The Bertz CT molecular complexity index is 322. The summed E-state index contributed by atoms with van der Waals surface area (Å²) in [4.78, 5) is 22.6. The third kappa shape index (κ3) is 3.62. The lowest BCUT2D eigenvalue weighted by Gasteiger charge is -2.22. The number of nitrogens with one attached hydrogen (secondary N) is 2. The number of carbonyl (C=O) groups excluding carboxylic acids is 1. The fourth-order valence-electron chi connectivity index (χ4n) is 2.08. The Labute approximate surface area is 108 Å². The van der Waals surface area contributed by atoms with Crippen LogP contribution in [0.25, 0.3) is 0 Å². The first-order chi connectivity index (χ1) is 8.28. The highest BCUT2D eigenvalue weighted by Gasteiger charge is 2.45. The third-order valence-corrected chi connectivity index (χ3v) is 3.94. The minimum Gasteiger partial charge on any atom is -0.480 e. The number of aliphatic carboxylic acids is 1. The maximum absolute atomic E-state index is 11.7. The molecule has 1 fully saturated rings. The fourth-order valence-corrected chi connectivity index (χ4v) is 2.08. The summed E-state index contributed by atoms with van der Waals surface area (Å²) in [5.41, 5.74) is 0.230. The fraction of sp³-hybridized carbons (Fsp3) is 0.846. The number of carboxylic acids is 1. The van der Waals surface area contributed by atoms with Gasteiger partial charge in [-0.1, -0.05) is 27.7 Å². The van der Waals surface area contributed by atoms with Gasteiger partial charge < -0.3 is 15.7 Å².